The average molecular weight is 411 g/mol. The largest absolute Gasteiger partial charge is 0.407 e. The first-order valence-corrected chi connectivity index (χ1v) is 12.4. The van der Waals surface area contributed by atoms with Crippen LogP contribution in [0.2, 0.25) is 5.04 Å². The third-order valence-electron chi connectivity index (χ3n) is 6.29. The van der Waals surface area contributed by atoms with Gasteiger partial charge >= 0.3 is 0 Å². The van der Waals surface area contributed by atoms with Crippen LogP contribution in [0.25, 0.3) is 0 Å². The molecule has 0 aromatic heterocycles. The maximum Gasteiger partial charge on any atom is 0.261 e. The first-order chi connectivity index (χ1) is 13.8. The topological polar surface area (TPSA) is 49.7 Å². The molecule has 2 N–H and O–H groups in total. The minimum absolute atomic E-state index is 0.00529. The molecule has 1 aliphatic rings. The van der Waals surface area contributed by atoms with Crippen molar-refractivity contribution >= 4 is 18.7 Å². The Balaban J connectivity index is 2.01. The molecule has 0 radical (unpaired) electrons. The molecule has 4 heteroatoms. The van der Waals surface area contributed by atoms with Gasteiger partial charge < -0.3 is 14.6 Å². The molecule has 0 amide bonds. The number of aliphatic hydroxyl groups is 2. The summed E-state index contributed by atoms with van der Waals surface area (Å²) in [4.78, 5) is 0. The first-order valence-electron chi connectivity index (χ1n) is 10.5. The van der Waals surface area contributed by atoms with Gasteiger partial charge in [0.2, 0.25) is 0 Å². The summed E-state index contributed by atoms with van der Waals surface area (Å²) in [5.74, 6) is 0.178. The van der Waals surface area contributed by atoms with E-state index in [1.807, 2.05) is 12.1 Å². The molecule has 29 heavy (non-hydrogen) atoms. The standard InChI is InChI=1S/C25H34O3Si/c1-19-15-20(23(16-19)24(27)17-26)18-28-29(25(2,3)4,21-11-7-5-8-12-21)22-13-9-6-10-14-22/h5-14,20,23-24,26-27H,1,15-18H2,2-4H3/t20-,23+,24+/m0/s1. The monoisotopic (exact) mass is 410 g/mol. The molecule has 0 saturated heterocycles. The minimum Gasteiger partial charge on any atom is -0.407 e. The maximum atomic E-state index is 10.3. The second-order valence-corrected chi connectivity index (χ2v) is 13.6. The SMILES string of the molecule is C=C1C[C@@H](CO[Si](c2ccccc2)(c2ccccc2)C(C)(C)C)[C@H]([C@H](O)CO)C1. The highest BCUT2D eigenvalue weighted by Crippen LogP contribution is 2.41. The molecular formula is C25H34O3Si. The van der Waals surface area contributed by atoms with Crippen LogP contribution in [-0.4, -0.2) is 37.8 Å². The molecular weight excluding hydrogens is 376 g/mol. The number of hydrogen-bond acceptors (Lipinski definition) is 3. The second-order valence-electron chi connectivity index (χ2n) is 9.31. The Morgan fingerprint density at radius 2 is 1.52 bits per heavy atom. The molecule has 0 heterocycles. The highest BCUT2D eigenvalue weighted by Gasteiger charge is 2.51. The van der Waals surface area contributed by atoms with E-state index in [1.165, 1.54) is 10.4 Å². The quantitative estimate of drug-likeness (QED) is 0.543. The molecule has 2 aromatic rings. The zero-order valence-electron chi connectivity index (χ0n) is 17.8. The van der Waals surface area contributed by atoms with Gasteiger partial charge in [0.15, 0.2) is 0 Å². The smallest absolute Gasteiger partial charge is 0.261 e. The van der Waals surface area contributed by atoms with Crippen LogP contribution in [0.1, 0.15) is 33.6 Å². The summed E-state index contributed by atoms with van der Waals surface area (Å²) < 4.78 is 7.03. The Labute approximate surface area is 176 Å². The molecule has 2 aromatic carbocycles. The number of benzene rings is 2. The normalized spacial score (nSPS) is 21.3. The van der Waals surface area contributed by atoms with Gasteiger partial charge in [-0.2, -0.15) is 0 Å². The molecule has 1 aliphatic carbocycles. The highest BCUT2D eigenvalue weighted by atomic mass is 28.4. The zero-order valence-corrected chi connectivity index (χ0v) is 18.8. The van der Waals surface area contributed by atoms with Crippen LogP contribution >= 0.6 is 0 Å². The van der Waals surface area contributed by atoms with Crippen molar-refractivity contribution < 1.29 is 14.6 Å². The van der Waals surface area contributed by atoms with E-state index in [0.29, 0.717) is 6.61 Å². The zero-order chi connectivity index (χ0) is 21.1. The van der Waals surface area contributed by atoms with Crippen LogP contribution in [0.15, 0.2) is 72.8 Å². The van der Waals surface area contributed by atoms with Crippen LogP contribution in [0.5, 0.6) is 0 Å². The van der Waals surface area contributed by atoms with Crippen molar-refractivity contribution in [1.29, 1.82) is 0 Å². The van der Waals surface area contributed by atoms with Crippen molar-refractivity contribution in [2.75, 3.05) is 13.2 Å². The van der Waals surface area contributed by atoms with Gasteiger partial charge in [0.1, 0.15) is 0 Å². The van der Waals surface area contributed by atoms with Gasteiger partial charge in [-0.3, -0.25) is 0 Å². The Kier molecular flexibility index (Phi) is 6.79. The Morgan fingerprint density at radius 1 is 1.00 bits per heavy atom. The van der Waals surface area contributed by atoms with E-state index in [4.69, 9.17) is 4.43 Å². The van der Waals surface area contributed by atoms with Crippen molar-refractivity contribution in [2.45, 2.75) is 44.8 Å². The van der Waals surface area contributed by atoms with Crippen LogP contribution in [0.4, 0.5) is 0 Å². The lowest BCUT2D eigenvalue weighted by Gasteiger charge is -2.44. The summed E-state index contributed by atoms with van der Waals surface area (Å²) >= 11 is 0. The van der Waals surface area contributed by atoms with Gasteiger partial charge in [-0.1, -0.05) is 93.6 Å². The Hall–Kier alpha value is -1.72. The maximum absolute atomic E-state index is 10.3. The van der Waals surface area contributed by atoms with Crippen molar-refractivity contribution in [2.24, 2.45) is 11.8 Å². The summed E-state index contributed by atoms with van der Waals surface area (Å²) in [6.45, 7) is 11.3. The molecule has 3 nitrogen and oxygen atoms in total. The Morgan fingerprint density at radius 3 is 1.97 bits per heavy atom. The fraction of sp³-hybridized carbons (Fsp3) is 0.440. The molecule has 3 atom stereocenters. The number of rotatable bonds is 7. The van der Waals surface area contributed by atoms with Gasteiger partial charge in [0.25, 0.3) is 8.32 Å². The molecule has 1 fully saturated rings. The molecule has 156 valence electrons. The fourth-order valence-corrected chi connectivity index (χ4v) is 9.49. The van der Waals surface area contributed by atoms with Crippen LogP contribution in [0.3, 0.4) is 0 Å². The van der Waals surface area contributed by atoms with Crippen molar-refractivity contribution in [3.8, 4) is 0 Å². The van der Waals surface area contributed by atoms with Crippen LogP contribution < -0.4 is 10.4 Å². The lowest BCUT2D eigenvalue weighted by Crippen LogP contribution is -2.67. The van der Waals surface area contributed by atoms with Gasteiger partial charge in [-0.15, -0.1) is 0 Å². The highest BCUT2D eigenvalue weighted by molar-refractivity contribution is 6.99. The van der Waals surface area contributed by atoms with Gasteiger partial charge in [0.05, 0.1) is 12.7 Å². The molecule has 0 unspecified atom stereocenters. The van der Waals surface area contributed by atoms with Crippen LogP contribution in [0, 0.1) is 11.8 Å². The summed E-state index contributed by atoms with van der Waals surface area (Å²) in [6, 6.07) is 21.2. The van der Waals surface area contributed by atoms with Crippen molar-refractivity contribution in [1.82, 2.24) is 0 Å². The van der Waals surface area contributed by atoms with E-state index in [2.05, 4.69) is 75.9 Å². The van der Waals surface area contributed by atoms with Crippen molar-refractivity contribution in [3.05, 3.63) is 72.8 Å². The number of allylic oxidation sites excluding steroid dienone is 1. The molecule has 0 bridgehead atoms. The summed E-state index contributed by atoms with van der Waals surface area (Å²) in [5.41, 5.74) is 1.14. The van der Waals surface area contributed by atoms with E-state index in [-0.39, 0.29) is 23.5 Å². The summed E-state index contributed by atoms with van der Waals surface area (Å²) in [5, 5.41) is 22.3. The molecule has 3 rings (SSSR count). The first kappa shape index (κ1) is 22.0. The van der Waals surface area contributed by atoms with Gasteiger partial charge in [-0.05, 0) is 40.1 Å². The molecule has 1 saturated carbocycles. The Bertz CT molecular complexity index is 758. The lowest BCUT2D eigenvalue weighted by molar-refractivity contribution is 0.0225. The third-order valence-corrected chi connectivity index (χ3v) is 11.3. The van der Waals surface area contributed by atoms with Gasteiger partial charge in [-0.25, -0.2) is 0 Å². The van der Waals surface area contributed by atoms with E-state index in [0.717, 1.165) is 18.4 Å². The summed E-state index contributed by atoms with van der Waals surface area (Å²) in [6.07, 6.45) is 0.887. The predicted octanol–water partition coefficient (Wildman–Crippen LogP) is 3.50. The molecule has 0 aliphatic heterocycles. The second kappa shape index (κ2) is 8.96. The number of hydrogen-bond donors (Lipinski definition) is 2. The average Bonchev–Trinajstić information content (AvgIpc) is 3.09. The van der Waals surface area contributed by atoms with E-state index < -0.39 is 14.4 Å². The van der Waals surface area contributed by atoms with Crippen LogP contribution in [-0.2, 0) is 4.43 Å². The third kappa shape index (κ3) is 4.41. The van der Waals surface area contributed by atoms with Crippen molar-refractivity contribution in [3.63, 3.8) is 0 Å². The minimum atomic E-state index is -2.59. The van der Waals surface area contributed by atoms with E-state index in [9.17, 15) is 10.2 Å². The number of aliphatic hydroxyl groups excluding tert-OH is 2. The summed E-state index contributed by atoms with van der Waals surface area (Å²) in [7, 11) is -2.59. The van der Waals surface area contributed by atoms with E-state index in [1.54, 1.807) is 0 Å². The van der Waals surface area contributed by atoms with E-state index >= 15 is 0 Å². The predicted molar refractivity (Wildman–Crippen MR) is 122 cm³/mol. The molecule has 0 spiro atoms. The fourth-order valence-electron chi connectivity index (χ4n) is 4.87. The lowest BCUT2D eigenvalue weighted by atomic mass is 9.92. The van der Waals surface area contributed by atoms with Gasteiger partial charge in [0, 0.05) is 6.61 Å².